The monoisotopic (exact) mass is 448 g/mol. The van der Waals surface area contributed by atoms with E-state index in [0.717, 1.165) is 26.7 Å². The van der Waals surface area contributed by atoms with Crippen LogP contribution in [0.25, 0.3) is 6.08 Å². The highest BCUT2D eigenvalue weighted by atomic mass is 32.2. The number of amides is 1. The van der Waals surface area contributed by atoms with Crippen molar-refractivity contribution in [3.8, 4) is 0 Å². The Bertz CT molecular complexity index is 1320. The van der Waals surface area contributed by atoms with Gasteiger partial charge >= 0.3 is 0 Å². The Hall–Kier alpha value is -3.45. The highest BCUT2D eigenvalue weighted by Crippen LogP contribution is 2.46. The largest absolute Gasteiger partial charge is 0.284 e. The number of carbonyl (C=O) groups excluding carboxylic acids is 1. The molecule has 162 valence electrons. The van der Waals surface area contributed by atoms with E-state index in [2.05, 4.69) is 0 Å². The van der Waals surface area contributed by atoms with Crippen molar-refractivity contribution in [3.63, 3.8) is 0 Å². The summed E-state index contributed by atoms with van der Waals surface area (Å²) in [5.74, 6) is -1.50. The summed E-state index contributed by atoms with van der Waals surface area (Å²) in [5.41, 5.74) is 3.53. The average molecular weight is 449 g/mol. The lowest BCUT2D eigenvalue weighted by atomic mass is 9.85. The molecule has 2 heterocycles. The van der Waals surface area contributed by atoms with Crippen LogP contribution in [0.5, 0.6) is 0 Å². The second-order valence-corrected chi connectivity index (χ2v) is 9.87. The van der Waals surface area contributed by atoms with E-state index in [1.807, 2.05) is 37.3 Å². The van der Waals surface area contributed by atoms with E-state index in [1.165, 1.54) is 29.3 Å². The SMILES string of the molecule is Cc1ccc(S(=O)(=O)N2C(=O)[C@@H](Cc3ccc(F)cc3)[C@H]3c4ccccc4C=CN32)cc1. The minimum atomic E-state index is -4.11. The molecule has 1 saturated heterocycles. The van der Waals surface area contributed by atoms with E-state index < -0.39 is 27.9 Å². The summed E-state index contributed by atoms with van der Waals surface area (Å²) in [6, 6.07) is 19.6. The van der Waals surface area contributed by atoms with Gasteiger partial charge in [-0.05, 0) is 60.4 Å². The maximum atomic E-state index is 13.6. The van der Waals surface area contributed by atoms with E-state index in [1.54, 1.807) is 30.5 Å². The van der Waals surface area contributed by atoms with Crippen molar-refractivity contribution < 1.29 is 17.6 Å². The van der Waals surface area contributed by atoms with Crippen LogP contribution >= 0.6 is 0 Å². The summed E-state index contributed by atoms with van der Waals surface area (Å²) >= 11 is 0. The topological polar surface area (TPSA) is 57.7 Å². The summed E-state index contributed by atoms with van der Waals surface area (Å²) in [5, 5.41) is 1.52. The molecule has 3 aromatic carbocycles. The molecule has 0 aliphatic carbocycles. The van der Waals surface area contributed by atoms with Crippen molar-refractivity contribution in [2.24, 2.45) is 5.92 Å². The van der Waals surface area contributed by atoms with Crippen LogP contribution in [-0.2, 0) is 21.2 Å². The zero-order valence-electron chi connectivity index (χ0n) is 17.4. The smallest absolute Gasteiger partial charge is 0.271 e. The van der Waals surface area contributed by atoms with Crippen LogP contribution in [0.15, 0.2) is 83.9 Å². The van der Waals surface area contributed by atoms with Gasteiger partial charge < -0.3 is 0 Å². The van der Waals surface area contributed by atoms with Gasteiger partial charge in [0.2, 0.25) is 0 Å². The molecule has 0 saturated carbocycles. The molecule has 0 N–H and O–H groups in total. The van der Waals surface area contributed by atoms with E-state index in [9.17, 15) is 17.6 Å². The molecule has 2 aliphatic rings. The van der Waals surface area contributed by atoms with Crippen molar-refractivity contribution in [2.75, 3.05) is 0 Å². The number of hydrazine groups is 1. The minimum Gasteiger partial charge on any atom is -0.271 e. The van der Waals surface area contributed by atoms with Gasteiger partial charge in [-0.25, -0.2) is 4.39 Å². The molecular weight excluding hydrogens is 427 g/mol. The Labute approximate surface area is 186 Å². The number of hydrogen-bond donors (Lipinski definition) is 0. The van der Waals surface area contributed by atoms with Gasteiger partial charge in [0.1, 0.15) is 5.82 Å². The first-order chi connectivity index (χ1) is 15.4. The van der Waals surface area contributed by atoms with E-state index in [4.69, 9.17) is 0 Å². The van der Waals surface area contributed by atoms with Crippen LogP contribution in [-0.4, -0.2) is 23.7 Å². The zero-order chi connectivity index (χ0) is 22.5. The lowest BCUT2D eigenvalue weighted by Gasteiger charge is -2.34. The van der Waals surface area contributed by atoms with Gasteiger partial charge in [0.25, 0.3) is 15.9 Å². The molecule has 3 aromatic rings. The number of carbonyl (C=O) groups is 1. The summed E-state index contributed by atoms with van der Waals surface area (Å²) in [6.07, 6.45) is 3.76. The molecular formula is C25H21FN2O3S. The molecule has 5 nitrogen and oxygen atoms in total. The third kappa shape index (κ3) is 3.29. The molecule has 5 rings (SSSR count). The predicted molar refractivity (Wildman–Crippen MR) is 119 cm³/mol. The second kappa shape index (κ2) is 7.60. The van der Waals surface area contributed by atoms with Crippen molar-refractivity contribution in [1.82, 2.24) is 9.42 Å². The van der Waals surface area contributed by atoms with Gasteiger partial charge in [-0.15, -0.1) is 4.41 Å². The van der Waals surface area contributed by atoms with Crippen LogP contribution in [0.4, 0.5) is 4.39 Å². The number of nitrogens with zero attached hydrogens (tertiary/aromatic N) is 2. The molecule has 32 heavy (non-hydrogen) atoms. The first kappa shape index (κ1) is 20.5. The Balaban J connectivity index is 1.61. The quantitative estimate of drug-likeness (QED) is 0.591. The van der Waals surface area contributed by atoms with E-state index in [0.29, 0.717) is 6.42 Å². The molecule has 7 heteroatoms. The minimum absolute atomic E-state index is 0.0601. The van der Waals surface area contributed by atoms with Crippen LogP contribution in [0, 0.1) is 18.7 Å². The molecule has 0 spiro atoms. The predicted octanol–water partition coefficient (Wildman–Crippen LogP) is 4.47. The summed E-state index contributed by atoms with van der Waals surface area (Å²) in [4.78, 5) is 13.7. The van der Waals surface area contributed by atoms with E-state index >= 15 is 0 Å². The number of rotatable bonds is 4. The van der Waals surface area contributed by atoms with Crippen molar-refractivity contribution >= 4 is 22.0 Å². The number of benzene rings is 3. The fourth-order valence-electron chi connectivity index (χ4n) is 4.42. The summed E-state index contributed by atoms with van der Waals surface area (Å²) in [6.45, 7) is 1.87. The highest BCUT2D eigenvalue weighted by molar-refractivity contribution is 7.89. The molecule has 2 aliphatic heterocycles. The van der Waals surface area contributed by atoms with Crippen LogP contribution < -0.4 is 0 Å². The number of sulfonamides is 1. The lowest BCUT2D eigenvalue weighted by molar-refractivity contribution is -0.130. The fraction of sp³-hybridized carbons (Fsp3) is 0.160. The molecule has 0 unspecified atom stereocenters. The average Bonchev–Trinajstić information content (AvgIpc) is 3.08. The molecule has 0 aromatic heterocycles. The fourth-order valence-corrected chi connectivity index (χ4v) is 5.87. The molecule has 2 atom stereocenters. The van der Waals surface area contributed by atoms with Gasteiger partial charge in [-0.3, -0.25) is 9.80 Å². The Morgan fingerprint density at radius 3 is 2.34 bits per heavy atom. The Kier molecular flexibility index (Phi) is 4.86. The third-order valence-electron chi connectivity index (χ3n) is 6.02. The number of aryl methyl sites for hydroxylation is 1. The van der Waals surface area contributed by atoms with Crippen LogP contribution in [0.2, 0.25) is 0 Å². The van der Waals surface area contributed by atoms with Crippen LogP contribution in [0.3, 0.4) is 0 Å². The van der Waals surface area contributed by atoms with E-state index in [-0.39, 0.29) is 10.7 Å². The Morgan fingerprint density at radius 2 is 1.62 bits per heavy atom. The van der Waals surface area contributed by atoms with Crippen LogP contribution in [0.1, 0.15) is 28.3 Å². The van der Waals surface area contributed by atoms with Crippen molar-refractivity contribution in [1.29, 1.82) is 0 Å². The lowest BCUT2D eigenvalue weighted by Crippen LogP contribution is -2.42. The molecule has 0 radical (unpaired) electrons. The number of halogens is 1. The maximum Gasteiger partial charge on any atom is 0.284 e. The first-order valence-corrected chi connectivity index (χ1v) is 11.8. The van der Waals surface area contributed by atoms with Gasteiger partial charge in [-0.1, -0.05) is 54.1 Å². The van der Waals surface area contributed by atoms with Crippen molar-refractivity contribution in [3.05, 3.63) is 107 Å². The molecule has 1 fully saturated rings. The first-order valence-electron chi connectivity index (χ1n) is 10.3. The standard InChI is InChI=1S/C25H21FN2O3S/c1-17-6-12-21(13-7-17)32(30,31)28-25(29)23(16-18-8-10-20(26)11-9-18)24-22-5-3-2-4-19(22)14-15-27(24)28/h2-15,23-24H,16H2,1H3/t23-,24+/m0/s1. The summed E-state index contributed by atoms with van der Waals surface area (Å²) < 4.78 is 41.4. The van der Waals surface area contributed by atoms with Gasteiger partial charge in [-0.2, -0.15) is 8.42 Å². The normalized spacial score (nSPS) is 19.8. The summed E-state index contributed by atoms with van der Waals surface area (Å²) in [7, 11) is -4.11. The molecule has 0 bridgehead atoms. The van der Waals surface area contributed by atoms with Gasteiger partial charge in [0.05, 0.1) is 16.9 Å². The van der Waals surface area contributed by atoms with Gasteiger partial charge in [0, 0.05) is 6.20 Å². The van der Waals surface area contributed by atoms with Crippen molar-refractivity contribution in [2.45, 2.75) is 24.3 Å². The number of fused-ring (bicyclic) bond motifs is 3. The zero-order valence-corrected chi connectivity index (χ0v) is 18.2. The van der Waals surface area contributed by atoms with Gasteiger partial charge in [0.15, 0.2) is 0 Å². The highest BCUT2D eigenvalue weighted by Gasteiger charge is 2.52. The molecule has 1 amide bonds. The Morgan fingerprint density at radius 1 is 0.938 bits per heavy atom. The second-order valence-electron chi connectivity index (χ2n) is 8.11. The number of hydrogen-bond acceptors (Lipinski definition) is 4. The maximum absolute atomic E-state index is 13.6. The third-order valence-corrected chi connectivity index (χ3v) is 7.71.